The highest BCUT2D eigenvalue weighted by molar-refractivity contribution is 6.31. The number of benzene rings is 1. The Morgan fingerprint density at radius 3 is 2.75 bits per heavy atom. The average molecular weight is 349 g/mol. The van der Waals surface area contributed by atoms with E-state index in [1.54, 1.807) is 37.4 Å². The summed E-state index contributed by atoms with van der Waals surface area (Å²) in [6, 6.07) is 8.60. The van der Waals surface area contributed by atoms with E-state index >= 15 is 0 Å². The Bertz CT molecular complexity index is 718. The molecular weight excluding hydrogens is 332 g/mol. The van der Waals surface area contributed by atoms with Crippen molar-refractivity contribution in [3.63, 3.8) is 0 Å². The summed E-state index contributed by atoms with van der Waals surface area (Å²) in [6.45, 7) is 0.619. The molecule has 126 valence electrons. The maximum absolute atomic E-state index is 12.0. The average Bonchev–Trinajstić information content (AvgIpc) is 3.11. The molecule has 2 N–H and O–H groups in total. The molecule has 1 unspecified atom stereocenters. The van der Waals surface area contributed by atoms with Crippen molar-refractivity contribution >= 4 is 34.8 Å². The lowest BCUT2D eigenvalue weighted by atomic mass is 10.2. The van der Waals surface area contributed by atoms with Gasteiger partial charge >= 0.3 is 0 Å². The summed E-state index contributed by atoms with van der Waals surface area (Å²) in [7, 11) is 1.57. The zero-order chi connectivity index (χ0) is 16.9. The van der Waals surface area contributed by atoms with Gasteiger partial charge in [0.05, 0.1) is 12.8 Å². The number of aromatic nitrogens is 2. The molecule has 24 heavy (non-hydrogen) atoms. The lowest BCUT2D eigenvalue weighted by molar-refractivity contribution is -0.124. The summed E-state index contributed by atoms with van der Waals surface area (Å²) >= 11 is 5.99. The predicted molar refractivity (Wildman–Crippen MR) is 90.9 cm³/mol. The number of ether oxygens (including phenoxy) is 2. The van der Waals surface area contributed by atoms with Crippen LogP contribution in [-0.2, 0) is 9.53 Å². The van der Waals surface area contributed by atoms with Gasteiger partial charge in [-0.3, -0.25) is 4.79 Å². The van der Waals surface area contributed by atoms with E-state index in [1.165, 1.54) is 0 Å². The molecule has 1 fully saturated rings. The fraction of sp³-hybridized carbons (Fsp3) is 0.312. The van der Waals surface area contributed by atoms with Gasteiger partial charge in [0.15, 0.2) is 11.6 Å². The molecule has 1 aromatic carbocycles. The van der Waals surface area contributed by atoms with Gasteiger partial charge in [-0.1, -0.05) is 11.6 Å². The minimum Gasteiger partial charge on any atom is -0.495 e. The minimum atomic E-state index is -0.402. The summed E-state index contributed by atoms with van der Waals surface area (Å²) in [5.74, 6) is 1.32. The predicted octanol–water partition coefficient (Wildman–Crippen LogP) is 3.00. The molecule has 0 radical (unpaired) electrons. The number of carbonyl (C=O) groups excluding carboxylic acids is 1. The van der Waals surface area contributed by atoms with E-state index in [0.29, 0.717) is 34.7 Å². The summed E-state index contributed by atoms with van der Waals surface area (Å²) < 4.78 is 10.6. The van der Waals surface area contributed by atoms with Crippen molar-refractivity contribution in [3.8, 4) is 5.75 Å². The molecule has 0 aliphatic carbocycles. The highest BCUT2D eigenvalue weighted by Gasteiger charge is 2.23. The first-order valence-electron chi connectivity index (χ1n) is 7.52. The van der Waals surface area contributed by atoms with E-state index in [4.69, 9.17) is 21.1 Å². The molecule has 2 heterocycles. The number of hydrogen-bond acceptors (Lipinski definition) is 6. The second-order valence-electron chi connectivity index (χ2n) is 5.26. The standard InChI is InChI=1S/C16H17ClN4O3/c1-23-12-5-4-10(17)9-11(12)18-14-6-7-15(21-20-14)19-16(22)13-3-2-8-24-13/h4-7,9,13H,2-3,8H2,1H3,(H,18,20)(H,19,21,22). The molecule has 0 saturated carbocycles. The largest absolute Gasteiger partial charge is 0.495 e. The fourth-order valence-electron chi connectivity index (χ4n) is 2.37. The van der Waals surface area contributed by atoms with Gasteiger partial charge in [0, 0.05) is 11.6 Å². The lowest BCUT2D eigenvalue weighted by Crippen LogP contribution is -2.27. The van der Waals surface area contributed by atoms with Crippen LogP contribution in [0.3, 0.4) is 0 Å². The molecule has 1 aromatic heterocycles. The fourth-order valence-corrected chi connectivity index (χ4v) is 2.54. The number of carbonyl (C=O) groups is 1. The van der Waals surface area contributed by atoms with Gasteiger partial charge in [0.25, 0.3) is 5.91 Å². The summed E-state index contributed by atoms with van der Waals surface area (Å²) in [5, 5.41) is 14.4. The molecule has 3 rings (SSSR count). The Balaban J connectivity index is 1.66. The Morgan fingerprint density at radius 1 is 1.29 bits per heavy atom. The van der Waals surface area contributed by atoms with Crippen LogP contribution < -0.4 is 15.4 Å². The molecule has 1 aliphatic rings. The number of anilines is 3. The first-order valence-corrected chi connectivity index (χ1v) is 7.90. The summed E-state index contributed by atoms with van der Waals surface area (Å²) in [6.07, 6.45) is 1.22. The Kier molecular flexibility index (Phi) is 5.12. The molecule has 0 bridgehead atoms. The van der Waals surface area contributed by atoms with E-state index < -0.39 is 6.10 Å². The number of halogens is 1. The van der Waals surface area contributed by atoms with E-state index in [1.807, 2.05) is 0 Å². The quantitative estimate of drug-likeness (QED) is 0.864. The van der Waals surface area contributed by atoms with Gasteiger partial charge in [0.2, 0.25) is 0 Å². The Hall–Kier alpha value is -2.38. The number of nitrogens with one attached hydrogen (secondary N) is 2. The van der Waals surface area contributed by atoms with Crippen molar-refractivity contribution in [3.05, 3.63) is 35.4 Å². The van der Waals surface area contributed by atoms with Gasteiger partial charge in [-0.05, 0) is 43.2 Å². The molecule has 1 saturated heterocycles. The normalized spacial score (nSPS) is 16.7. The van der Waals surface area contributed by atoms with Crippen LogP contribution in [0, 0.1) is 0 Å². The topological polar surface area (TPSA) is 85.4 Å². The van der Waals surface area contributed by atoms with E-state index in [9.17, 15) is 4.79 Å². The molecule has 1 atom stereocenters. The van der Waals surface area contributed by atoms with Crippen LogP contribution in [0.4, 0.5) is 17.3 Å². The SMILES string of the molecule is COc1ccc(Cl)cc1Nc1ccc(NC(=O)C2CCCO2)nn1. The Labute approximate surface area is 144 Å². The molecular formula is C16H17ClN4O3. The van der Waals surface area contributed by atoms with E-state index in [-0.39, 0.29) is 5.91 Å². The van der Waals surface area contributed by atoms with Crippen LogP contribution in [0.1, 0.15) is 12.8 Å². The monoisotopic (exact) mass is 348 g/mol. The molecule has 1 amide bonds. The first-order chi connectivity index (χ1) is 11.7. The molecule has 2 aromatic rings. The van der Waals surface area contributed by atoms with Gasteiger partial charge in [-0.25, -0.2) is 0 Å². The number of methoxy groups -OCH3 is 1. The van der Waals surface area contributed by atoms with Crippen molar-refractivity contribution in [2.45, 2.75) is 18.9 Å². The van der Waals surface area contributed by atoms with Gasteiger partial charge in [-0.2, -0.15) is 0 Å². The number of nitrogens with zero attached hydrogens (tertiary/aromatic N) is 2. The van der Waals surface area contributed by atoms with Crippen LogP contribution >= 0.6 is 11.6 Å². The van der Waals surface area contributed by atoms with Crippen LogP contribution in [0.2, 0.25) is 5.02 Å². The molecule has 0 spiro atoms. The maximum atomic E-state index is 12.0. The van der Waals surface area contributed by atoms with Crippen LogP contribution in [0.15, 0.2) is 30.3 Å². The van der Waals surface area contributed by atoms with Crippen molar-refractivity contribution in [2.24, 2.45) is 0 Å². The van der Waals surface area contributed by atoms with Gasteiger partial charge in [0.1, 0.15) is 11.9 Å². The zero-order valence-electron chi connectivity index (χ0n) is 13.1. The van der Waals surface area contributed by atoms with Crippen LogP contribution in [-0.4, -0.2) is 35.9 Å². The summed E-state index contributed by atoms with van der Waals surface area (Å²) in [4.78, 5) is 12.0. The maximum Gasteiger partial charge on any atom is 0.254 e. The third kappa shape index (κ3) is 3.93. The van der Waals surface area contributed by atoms with E-state index in [0.717, 1.165) is 12.8 Å². The molecule has 1 aliphatic heterocycles. The van der Waals surface area contributed by atoms with Crippen LogP contribution in [0.5, 0.6) is 5.75 Å². The first kappa shape index (κ1) is 16.5. The van der Waals surface area contributed by atoms with Crippen molar-refractivity contribution in [1.29, 1.82) is 0 Å². The highest BCUT2D eigenvalue weighted by Crippen LogP contribution is 2.29. The molecule has 7 nitrogen and oxygen atoms in total. The van der Waals surface area contributed by atoms with Crippen molar-refractivity contribution in [1.82, 2.24) is 10.2 Å². The highest BCUT2D eigenvalue weighted by atomic mass is 35.5. The van der Waals surface area contributed by atoms with Gasteiger partial charge in [-0.15, -0.1) is 10.2 Å². The summed E-state index contributed by atoms with van der Waals surface area (Å²) in [5.41, 5.74) is 0.676. The van der Waals surface area contributed by atoms with Gasteiger partial charge < -0.3 is 20.1 Å². The Morgan fingerprint density at radius 2 is 2.08 bits per heavy atom. The minimum absolute atomic E-state index is 0.195. The smallest absolute Gasteiger partial charge is 0.254 e. The second-order valence-corrected chi connectivity index (χ2v) is 5.70. The third-order valence-corrected chi connectivity index (χ3v) is 3.80. The number of hydrogen-bond donors (Lipinski definition) is 2. The number of rotatable bonds is 5. The third-order valence-electron chi connectivity index (χ3n) is 3.56. The van der Waals surface area contributed by atoms with Crippen molar-refractivity contribution in [2.75, 3.05) is 24.4 Å². The molecule has 8 heteroatoms. The lowest BCUT2D eigenvalue weighted by Gasteiger charge is -2.12. The second kappa shape index (κ2) is 7.46. The van der Waals surface area contributed by atoms with E-state index in [2.05, 4.69) is 20.8 Å². The number of amides is 1. The van der Waals surface area contributed by atoms with Crippen molar-refractivity contribution < 1.29 is 14.3 Å². The van der Waals surface area contributed by atoms with Crippen LogP contribution in [0.25, 0.3) is 0 Å². The zero-order valence-corrected chi connectivity index (χ0v) is 13.8.